The Morgan fingerprint density at radius 1 is 1.31 bits per heavy atom. The van der Waals surface area contributed by atoms with Gasteiger partial charge < -0.3 is 5.32 Å². The molecular weight excluding hydrogens is 194 g/mol. The molecule has 0 radical (unpaired) electrons. The third-order valence-electron chi connectivity index (χ3n) is 2.92. The van der Waals surface area contributed by atoms with E-state index in [0.717, 1.165) is 25.8 Å². The van der Waals surface area contributed by atoms with E-state index < -0.39 is 0 Å². The first-order chi connectivity index (χ1) is 7.83. The SMILES string of the molecule is C=CCCC(NCC)c1ccccc1CC. The minimum absolute atomic E-state index is 0.471. The lowest BCUT2D eigenvalue weighted by Gasteiger charge is -2.20. The molecular formula is C15H23N. The molecule has 0 fully saturated rings. The first-order valence-corrected chi connectivity index (χ1v) is 6.25. The molecule has 0 bridgehead atoms. The molecule has 88 valence electrons. The van der Waals surface area contributed by atoms with Crippen LogP contribution in [0.1, 0.15) is 43.9 Å². The molecule has 1 aromatic rings. The van der Waals surface area contributed by atoms with Gasteiger partial charge in [-0.05, 0) is 36.9 Å². The van der Waals surface area contributed by atoms with Gasteiger partial charge in [0.05, 0.1) is 0 Å². The standard InChI is InChI=1S/C15H23N/c1-4-7-12-15(16-6-3)14-11-9-8-10-13(14)5-2/h4,8-11,15-16H,1,5-7,12H2,2-3H3. The molecule has 1 aromatic carbocycles. The van der Waals surface area contributed by atoms with Crippen LogP contribution in [0.3, 0.4) is 0 Å². The van der Waals surface area contributed by atoms with Crippen LogP contribution in [-0.4, -0.2) is 6.54 Å². The van der Waals surface area contributed by atoms with E-state index in [9.17, 15) is 0 Å². The van der Waals surface area contributed by atoms with E-state index in [1.165, 1.54) is 11.1 Å². The zero-order valence-corrected chi connectivity index (χ0v) is 10.5. The van der Waals surface area contributed by atoms with E-state index in [-0.39, 0.29) is 0 Å². The lowest BCUT2D eigenvalue weighted by Crippen LogP contribution is -2.21. The van der Waals surface area contributed by atoms with E-state index in [1.54, 1.807) is 0 Å². The maximum atomic E-state index is 3.80. The average molecular weight is 217 g/mol. The molecule has 1 nitrogen and oxygen atoms in total. The second-order valence-corrected chi connectivity index (χ2v) is 4.03. The van der Waals surface area contributed by atoms with Gasteiger partial charge in [0.15, 0.2) is 0 Å². The van der Waals surface area contributed by atoms with Gasteiger partial charge in [-0.2, -0.15) is 0 Å². The molecule has 0 spiro atoms. The van der Waals surface area contributed by atoms with E-state index in [0.29, 0.717) is 6.04 Å². The number of benzene rings is 1. The number of allylic oxidation sites excluding steroid dienone is 1. The second-order valence-electron chi connectivity index (χ2n) is 4.03. The van der Waals surface area contributed by atoms with Crippen LogP contribution in [0.2, 0.25) is 0 Å². The highest BCUT2D eigenvalue weighted by Gasteiger charge is 2.11. The quantitative estimate of drug-likeness (QED) is 0.684. The molecule has 0 saturated heterocycles. The van der Waals surface area contributed by atoms with E-state index in [1.807, 2.05) is 6.08 Å². The lowest BCUT2D eigenvalue weighted by atomic mass is 9.95. The Kier molecular flexibility index (Phi) is 5.87. The zero-order chi connectivity index (χ0) is 11.8. The topological polar surface area (TPSA) is 12.0 Å². The maximum Gasteiger partial charge on any atom is 0.0325 e. The van der Waals surface area contributed by atoms with Gasteiger partial charge in [-0.1, -0.05) is 44.2 Å². The van der Waals surface area contributed by atoms with Gasteiger partial charge >= 0.3 is 0 Å². The van der Waals surface area contributed by atoms with Gasteiger partial charge in [0.2, 0.25) is 0 Å². The molecule has 0 aliphatic rings. The molecule has 0 aliphatic heterocycles. The molecule has 0 aromatic heterocycles. The first kappa shape index (κ1) is 13.0. The van der Waals surface area contributed by atoms with Crippen LogP contribution in [0.4, 0.5) is 0 Å². The van der Waals surface area contributed by atoms with Crippen LogP contribution in [0.15, 0.2) is 36.9 Å². The maximum absolute atomic E-state index is 3.80. The van der Waals surface area contributed by atoms with Crippen LogP contribution in [0.25, 0.3) is 0 Å². The second kappa shape index (κ2) is 7.24. The van der Waals surface area contributed by atoms with Crippen molar-refractivity contribution in [2.45, 2.75) is 39.2 Å². The van der Waals surface area contributed by atoms with Crippen molar-refractivity contribution >= 4 is 0 Å². The summed E-state index contributed by atoms with van der Waals surface area (Å²) in [4.78, 5) is 0. The summed E-state index contributed by atoms with van der Waals surface area (Å²) in [7, 11) is 0. The van der Waals surface area contributed by atoms with Crippen molar-refractivity contribution in [2.75, 3.05) is 6.54 Å². The van der Waals surface area contributed by atoms with Crippen molar-refractivity contribution in [1.29, 1.82) is 0 Å². The van der Waals surface area contributed by atoms with Crippen LogP contribution in [0, 0.1) is 0 Å². The highest BCUT2D eigenvalue weighted by Crippen LogP contribution is 2.22. The fourth-order valence-electron chi connectivity index (χ4n) is 2.09. The minimum atomic E-state index is 0.471. The van der Waals surface area contributed by atoms with Crippen molar-refractivity contribution in [3.05, 3.63) is 48.0 Å². The molecule has 1 N–H and O–H groups in total. The normalized spacial score (nSPS) is 12.4. The molecule has 0 amide bonds. The summed E-state index contributed by atoms with van der Waals surface area (Å²) in [6, 6.07) is 9.20. The Labute approximate surface area is 99.6 Å². The summed E-state index contributed by atoms with van der Waals surface area (Å²) in [5.74, 6) is 0. The summed E-state index contributed by atoms with van der Waals surface area (Å²) in [5, 5.41) is 3.56. The summed E-state index contributed by atoms with van der Waals surface area (Å²) in [6.07, 6.45) is 5.30. The van der Waals surface area contributed by atoms with Gasteiger partial charge in [-0.25, -0.2) is 0 Å². The number of nitrogens with one attached hydrogen (secondary N) is 1. The Balaban J connectivity index is 2.85. The molecule has 16 heavy (non-hydrogen) atoms. The predicted octanol–water partition coefficient (Wildman–Crippen LogP) is 3.87. The monoisotopic (exact) mass is 217 g/mol. The number of aryl methyl sites for hydroxylation is 1. The van der Waals surface area contributed by atoms with Crippen molar-refractivity contribution in [3.63, 3.8) is 0 Å². The summed E-state index contributed by atoms with van der Waals surface area (Å²) in [6.45, 7) is 9.19. The van der Waals surface area contributed by atoms with Gasteiger partial charge in [0.1, 0.15) is 0 Å². The summed E-state index contributed by atoms with van der Waals surface area (Å²) < 4.78 is 0. The first-order valence-electron chi connectivity index (χ1n) is 6.25. The zero-order valence-electron chi connectivity index (χ0n) is 10.5. The average Bonchev–Trinajstić information content (AvgIpc) is 2.34. The number of hydrogen-bond donors (Lipinski definition) is 1. The van der Waals surface area contributed by atoms with Crippen LogP contribution < -0.4 is 5.32 Å². The van der Waals surface area contributed by atoms with Crippen LogP contribution in [-0.2, 0) is 6.42 Å². The number of hydrogen-bond acceptors (Lipinski definition) is 1. The molecule has 0 aliphatic carbocycles. The highest BCUT2D eigenvalue weighted by molar-refractivity contribution is 5.30. The fourth-order valence-corrected chi connectivity index (χ4v) is 2.09. The van der Waals surface area contributed by atoms with Gasteiger partial charge in [0.25, 0.3) is 0 Å². The summed E-state index contributed by atoms with van der Waals surface area (Å²) >= 11 is 0. The van der Waals surface area contributed by atoms with Crippen molar-refractivity contribution in [2.24, 2.45) is 0 Å². The third-order valence-corrected chi connectivity index (χ3v) is 2.92. The van der Waals surface area contributed by atoms with E-state index in [2.05, 4.69) is 50.0 Å². The van der Waals surface area contributed by atoms with E-state index in [4.69, 9.17) is 0 Å². The van der Waals surface area contributed by atoms with Crippen molar-refractivity contribution in [1.82, 2.24) is 5.32 Å². The van der Waals surface area contributed by atoms with E-state index >= 15 is 0 Å². The summed E-state index contributed by atoms with van der Waals surface area (Å²) in [5.41, 5.74) is 2.91. The molecule has 1 unspecified atom stereocenters. The fraction of sp³-hybridized carbons (Fsp3) is 0.467. The smallest absolute Gasteiger partial charge is 0.0325 e. The molecule has 1 heteroatoms. The molecule has 0 heterocycles. The van der Waals surface area contributed by atoms with Crippen molar-refractivity contribution in [3.8, 4) is 0 Å². The van der Waals surface area contributed by atoms with Gasteiger partial charge in [-0.3, -0.25) is 0 Å². The Bertz CT molecular complexity index is 317. The highest BCUT2D eigenvalue weighted by atomic mass is 14.9. The number of rotatable bonds is 7. The minimum Gasteiger partial charge on any atom is -0.310 e. The molecule has 1 rings (SSSR count). The molecule has 1 atom stereocenters. The van der Waals surface area contributed by atoms with Crippen LogP contribution >= 0.6 is 0 Å². The molecule has 0 saturated carbocycles. The van der Waals surface area contributed by atoms with Crippen molar-refractivity contribution < 1.29 is 0 Å². The Hall–Kier alpha value is -1.08. The van der Waals surface area contributed by atoms with Gasteiger partial charge in [-0.15, -0.1) is 6.58 Å². The van der Waals surface area contributed by atoms with Crippen LogP contribution in [0.5, 0.6) is 0 Å². The van der Waals surface area contributed by atoms with Gasteiger partial charge in [0, 0.05) is 6.04 Å². The lowest BCUT2D eigenvalue weighted by molar-refractivity contribution is 0.516. The predicted molar refractivity (Wildman–Crippen MR) is 71.7 cm³/mol. The Morgan fingerprint density at radius 3 is 2.69 bits per heavy atom. The Morgan fingerprint density at radius 2 is 2.06 bits per heavy atom. The largest absolute Gasteiger partial charge is 0.310 e. The third kappa shape index (κ3) is 3.49.